The van der Waals surface area contributed by atoms with Gasteiger partial charge in [-0.2, -0.15) is 13.2 Å². The van der Waals surface area contributed by atoms with Gasteiger partial charge in [0.05, 0.1) is 6.61 Å². The van der Waals surface area contributed by atoms with Crippen LogP contribution < -0.4 is 26.0 Å². The van der Waals surface area contributed by atoms with E-state index < -0.39 is 89.4 Å². The van der Waals surface area contributed by atoms with Crippen LogP contribution in [0.4, 0.5) is 13.2 Å². The number of halogens is 4. The molecule has 7 atom stereocenters. The monoisotopic (exact) mass is 929 g/mol. The normalized spacial score (nSPS) is 22.8. The molecule has 3 rings (SSSR count). The van der Waals surface area contributed by atoms with E-state index in [1.165, 1.54) is 23.8 Å². The number of aliphatic hydroxyl groups is 1. The van der Waals surface area contributed by atoms with Crippen molar-refractivity contribution >= 4 is 53.0 Å². The smallest absolute Gasteiger partial charge is 0.426 e. The minimum atomic E-state index is -5.33. The molecular formula is C44H67ClF3N7O9. The van der Waals surface area contributed by atoms with Crippen LogP contribution in [0.15, 0.2) is 18.2 Å². The maximum Gasteiger partial charge on any atom is 0.426 e. The standard InChI is InChI=1S/C44H67ClF3N7O9/c1-10-30(52-42(62)43(7,63)44(46,47)48)36(56)50-31(11-2)40(60)54(9)33-15-13-14-20-53(8)39(59)26(6)49-38(58)34(55(12-3)41(61)32(21-25(4)5)51-37(33)57)23-28-22-29(45)18-19-35(28)64-24-27-16-17-27/h18-19,22,25-27,30-34,63H,10-17,20-21,23-24H2,1-9H3,(H,49,58)(H,50,56)(H,51,57)(H,52,62)/t26-,30+,31+,32+,33+,34+,43-/m1/s1. The van der Waals surface area contributed by atoms with E-state index in [0.29, 0.717) is 41.7 Å². The number of nitrogens with one attached hydrogen (secondary N) is 4. The molecule has 0 unspecified atom stereocenters. The molecule has 360 valence electrons. The molecule has 0 bridgehead atoms. The third-order valence-electron chi connectivity index (χ3n) is 11.7. The van der Waals surface area contributed by atoms with Gasteiger partial charge in [-0.25, -0.2) is 0 Å². The van der Waals surface area contributed by atoms with Crippen molar-refractivity contribution in [3.05, 3.63) is 28.8 Å². The van der Waals surface area contributed by atoms with E-state index >= 15 is 0 Å². The molecule has 1 aliphatic heterocycles. The summed E-state index contributed by atoms with van der Waals surface area (Å²) in [4.78, 5) is 101. The largest absolute Gasteiger partial charge is 0.493 e. The minimum absolute atomic E-state index is 0.0229. The number of likely N-dealkylation sites (N-methyl/N-ethyl adjacent to an activating group) is 3. The topological polar surface area (TPSA) is 207 Å². The second-order valence-corrected chi connectivity index (χ2v) is 17.9. The molecule has 2 aliphatic rings. The molecule has 0 aromatic heterocycles. The summed E-state index contributed by atoms with van der Waals surface area (Å²) in [6.45, 7) is 10.9. The van der Waals surface area contributed by atoms with Gasteiger partial charge >= 0.3 is 6.18 Å². The molecule has 16 nitrogen and oxygen atoms in total. The highest BCUT2D eigenvalue weighted by Gasteiger charge is 2.56. The average Bonchev–Trinajstić information content (AvgIpc) is 4.06. The van der Waals surface area contributed by atoms with Crippen molar-refractivity contribution in [3.63, 3.8) is 0 Å². The first kappa shape index (κ1) is 53.7. The molecular weight excluding hydrogens is 863 g/mol. The molecule has 1 aromatic carbocycles. The second-order valence-electron chi connectivity index (χ2n) is 17.5. The molecule has 1 heterocycles. The van der Waals surface area contributed by atoms with Crippen LogP contribution in [-0.2, 0) is 40.0 Å². The van der Waals surface area contributed by atoms with E-state index in [1.807, 2.05) is 19.2 Å². The lowest BCUT2D eigenvalue weighted by Gasteiger charge is -2.36. The number of hydrogen-bond acceptors (Lipinski definition) is 9. The number of rotatable bonds is 16. The first-order valence-corrected chi connectivity index (χ1v) is 22.5. The SMILES string of the molecule is CC[C@H](NC(=O)[C@@](C)(O)C(F)(F)F)C(=O)N[C@@H](CC)C(=O)N(C)[C@H]1CCCCN(C)C(=O)[C@@H](C)NC(=O)[C@H](Cc2cc(Cl)ccc2OCC2CC2)N(CC)C(=O)[C@H](CC(C)C)NC1=O. The Bertz CT molecular complexity index is 1830. The van der Waals surface area contributed by atoms with E-state index in [9.17, 15) is 51.8 Å². The van der Waals surface area contributed by atoms with E-state index in [4.69, 9.17) is 16.3 Å². The van der Waals surface area contributed by atoms with Crippen molar-refractivity contribution in [1.29, 1.82) is 0 Å². The number of carbonyl (C=O) groups excluding carboxylic acids is 7. The lowest BCUT2D eigenvalue weighted by atomic mass is 9.97. The summed E-state index contributed by atoms with van der Waals surface area (Å²) < 4.78 is 46.2. The second kappa shape index (κ2) is 23.5. The van der Waals surface area contributed by atoms with E-state index in [2.05, 4.69) is 16.0 Å². The minimum Gasteiger partial charge on any atom is -0.493 e. The average molecular weight is 931 g/mol. The van der Waals surface area contributed by atoms with Crippen molar-refractivity contribution < 1.29 is 56.6 Å². The van der Waals surface area contributed by atoms with Gasteiger partial charge in [0, 0.05) is 38.6 Å². The van der Waals surface area contributed by atoms with Gasteiger partial charge in [-0.3, -0.25) is 33.6 Å². The summed E-state index contributed by atoms with van der Waals surface area (Å²) in [5.41, 5.74) is -3.23. The van der Waals surface area contributed by atoms with Crippen LogP contribution >= 0.6 is 11.6 Å². The zero-order valence-electron chi connectivity index (χ0n) is 38.4. The maximum absolute atomic E-state index is 14.8. The molecule has 1 saturated carbocycles. The van der Waals surface area contributed by atoms with Gasteiger partial charge < -0.3 is 45.8 Å². The van der Waals surface area contributed by atoms with Crippen molar-refractivity contribution in [2.45, 2.75) is 154 Å². The molecule has 2 fully saturated rings. The van der Waals surface area contributed by atoms with Crippen LogP contribution in [0.25, 0.3) is 0 Å². The summed E-state index contributed by atoms with van der Waals surface area (Å²) in [7, 11) is 2.92. The predicted molar refractivity (Wildman–Crippen MR) is 233 cm³/mol. The molecule has 0 spiro atoms. The quantitative estimate of drug-likeness (QED) is 0.164. The Hall–Kier alpha value is -4.65. The van der Waals surface area contributed by atoms with Crippen molar-refractivity contribution in [3.8, 4) is 5.75 Å². The fraction of sp³-hybridized carbons (Fsp3) is 0.705. The fourth-order valence-electron chi connectivity index (χ4n) is 7.37. The molecule has 0 radical (unpaired) electrons. The molecule has 5 N–H and O–H groups in total. The number of alkyl halides is 3. The number of ether oxygens (including phenoxy) is 1. The number of carbonyl (C=O) groups is 7. The lowest BCUT2D eigenvalue weighted by molar-refractivity contribution is -0.245. The summed E-state index contributed by atoms with van der Waals surface area (Å²) >= 11 is 6.45. The number of amides is 7. The molecule has 7 amide bonds. The molecule has 64 heavy (non-hydrogen) atoms. The van der Waals surface area contributed by atoms with Crippen LogP contribution in [-0.4, -0.2) is 143 Å². The molecule has 20 heteroatoms. The Kier molecular flexibility index (Phi) is 19.7. The summed E-state index contributed by atoms with van der Waals surface area (Å²) in [6, 6.07) is -2.37. The number of hydrogen-bond donors (Lipinski definition) is 5. The predicted octanol–water partition coefficient (Wildman–Crippen LogP) is 3.50. The van der Waals surface area contributed by atoms with Gasteiger partial charge in [-0.1, -0.05) is 39.3 Å². The van der Waals surface area contributed by atoms with E-state index in [-0.39, 0.29) is 58.0 Å². The summed E-state index contributed by atoms with van der Waals surface area (Å²) in [6.07, 6.45) is -2.61. The fourth-order valence-corrected chi connectivity index (χ4v) is 7.57. The van der Waals surface area contributed by atoms with Gasteiger partial charge in [0.25, 0.3) is 5.91 Å². The van der Waals surface area contributed by atoms with Crippen LogP contribution in [0, 0.1) is 11.8 Å². The molecule has 1 aromatic rings. The Morgan fingerprint density at radius 2 is 1.61 bits per heavy atom. The van der Waals surface area contributed by atoms with Crippen LogP contribution in [0.1, 0.15) is 105 Å². The molecule has 1 saturated heterocycles. The highest BCUT2D eigenvalue weighted by Crippen LogP contribution is 2.33. The van der Waals surface area contributed by atoms with Gasteiger partial charge in [0.2, 0.25) is 41.0 Å². The van der Waals surface area contributed by atoms with E-state index in [1.54, 1.807) is 46.0 Å². The summed E-state index contributed by atoms with van der Waals surface area (Å²) in [5, 5.41) is 20.3. The Balaban J connectivity index is 2.01. The van der Waals surface area contributed by atoms with Crippen molar-refractivity contribution in [1.82, 2.24) is 36.0 Å². The van der Waals surface area contributed by atoms with Gasteiger partial charge in [0.15, 0.2) is 0 Å². The first-order chi connectivity index (χ1) is 29.9. The highest BCUT2D eigenvalue weighted by molar-refractivity contribution is 6.30. The highest BCUT2D eigenvalue weighted by atomic mass is 35.5. The number of nitrogens with zero attached hydrogens (tertiary/aromatic N) is 3. The number of benzene rings is 1. The molecule has 1 aliphatic carbocycles. The lowest BCUT2D eigenvalue weighted by Crippen LogP contribution is -2.61. The van der Waals surface area contributed by atoms with Gasteiger partial charge in [-0.15, -0.1) is 0 Å². The zero-order chi connectivity index (χ0) is 48.3. The van der Waals surface area contributed by atoms with Crippen LogP contribution in [0.3, 0.4) is 0 Å². The Labute approximate surface area is 379 Å². The first-order valence-electron chi connectivity index (χ1n) is 22.1. The van der Waals surface area contributed by atoms with Crippen LogP contribution in [0.5, 0.6) is 5.75 Å². The third-order valence-corrected chi connectivity index (χ3v) is 12.0. The zero-order valence-corrected chi connectivity index (χ0v) is 39.2. The van der Waals surface area contributed by atoms with E-state index in [0.717, 1.165) is 17.7 Å². The van der Waals surface area contributed by atoms with Gasteiger partial charge in [-0.05, 0) is 108 Å². The Morgan fingerprint density at radius 1 is 0.969 bits per heavy atom. The van der Waals surface area contributed by atoms with Gasteiger partial charge in [0.1, 0.15) is 42.0 Å². The Morgan fingerprint density at radius 3 is 2.17 bits per heavy atom. The van der Waals surface area contributed by atoms with Crippen LogP contribution in [0.2, 0.25) is 5.02 Å². The third kappa shape index (κ3) is 14.4. The maximum atomic E-state index is 14.8. The van der Waals surface area contributed by atoms with Crippen molar-refractivity contribution in [2.24, 2.45) is 11.8 Å². The summed E-state index contributed by atoms with van der Waals surface area (Å²) in [5.74, 6) is -5.10. The van der Waals surface area contributed by atoms with Crippen molar-refractivity contribution in [2.75, 3.05) is 33.8 Å².